The molecule has 0 aliphatic carbocycles. The van der Waals surface area contributed by atoms with Crippen LogP contribution in [0.15, 0.2) is 0 Å². The van der Waals surface area contributed by atoms with Crippen LogP contribution in [0.5, 0.6) is 0 Å². The van der Waals surface area contributed by atoms with Gasteiger partial charge in [-0.3, -0.25) is 0 Å². The van der Waals surface area contributed by atoms with Crippen molar-refractivity contribution in [1.29, 1.82) is 0 Å². The van der Waals surface area contributed by atoms with Gasteiger partial charge in [0.15, 0.2) is 0 Å². The van der Waals surface area contributed by atoms with Gasteiger partial charge in [-0.25, -0.2) is 0 Å². The summed E-state index contributed by atoms with van der Waals surface area (Å²) in [4.78, 5) is 0. The summed E-state index contributed by atoms with van der Waals surface area (Å²) in [6.07, 6.45) is 11.0. The van der Waals surface area contributed by atoms with E-state index in [1.807, 2.05) is 20.8 Å². The third-order valence-electron chi connectivity index (χ3n) is 5.02. The van der Waals surface area contributed by atoms with E-state index in [4.69, 9.17) is 14.2 Å². The third-order valence-corrected chi connectivity index (χ3v) is 5.02. The van der Waals surface area contributed by atoms with Crippen molar-refractivity contribution in [3.63, 3.8) is 0 Å². The Morgan fingerprint density at radius 2 is 1.00 bits per heavy atom. The Bertz CT molecular complexity index is 245. The van der Waals surface area contributed by atoms with Gasteiger partial charge in [-0.15, -0.1) is 0 Å². The van der Waals surface area contributed by atoms with Gasteiger partial charge in [-0.05, 0) is 40.0 Å². The maximum Gasteiger partial charge on any atom is 0.288 e. The Hall–Kier alpha value is -0.120. The van der Waals surface area contributed by atoms with Crippen LogP contribution in [0.25, 0.3) is 0 Å². The fourth-order valence-electron chi connectivity index (χ4n) is 3.59. The number of ether oxygens (including phenoxy) is 3. The standard InChI is InChI=1S/C20H42O3/c1-7-13-14-15-16-17-18-19(8-2,9-3)20(21-10-4,22-11-5)23-12-6/h7-18H2,1-6H3. The van der Waals surface area contributed by atoms with Crippen LogP contribution in [0, 0.1) is 5.41 Å². The second-order valence-electron chi connectivity index (χ2n) is 6.36. The Morgan fingerprint density at radius 3 is 1.39 bits per heavy atom. The molecule has 0 saturated carbocycles. The normalized spacial score (nSPS) is 12.8. The van der Waals surface area contributed by atoms with Crippen molar-refractivity contribution in [3.05, 3.63) is 0 Å². The maximum atomic E-state index is 6.11. The molecular formula is C20H42O3. The SMILES string of the molecule is CCCCCCCCC(CC)(CC)C(OCC)(OCC)OCC. The van der Waals surface area contributed by atoms with E-state index in [1.165, 1.54) is 38.5 Å². The van der Waals surface area contributed by atoms with Crippen molar-refractivity contribution in [2.45, 2.75) is 105 Å². The van der Waals surface area contributed by atoms with Crippen LogP contribution in [-0.2, 0) is 14.2 Å². The molecule has 3 heteroatoms. The third kappa shape index (κ3) is 6.72. The van der Waals surface area contributed by atoms with Crippen LogP contribution >= 0.6 is 0 Å². The molecule has 0 rings (SSSR count). The number of unbranched alkanes of at least 4 members (excludes halogenated alkanes) is 5. The molecule has 0 radical (unpaired) electrons. The Labute approximate surface area is 145 Å². The first-order chi connectivity index (χ1) is 11.1. The lowest BCUT2D eigenvalue weighted by atomic mass is 9.74. The highest BCUT2D eigenvalue weighted by Crippen LogP contribution is 2.47. The molecule has 23 heavy (non-hydrogen) atoms. The molecule has 0 atom stereocenters. The molecule has 0 spiro atoms. The minimum absolute atomic E-state index is 0.0697. The zero-order valence-electron chi connectivity index (χ0n) is 16.7. The molecule has 0 aliphatic heterocycles. The molecule has 0 fully saturated rings. The van der Waals surface area contributed by atoms with E-state index in [0.29, 0.717) is 19.8 Å². The van der Waals surface area contributed by atoms with Gasteiger partial charge in [0.05, 0.1) is 5.41 Å². The summed E-state index contributed by atoms with van der Waals surface area (Å²) in [5.74, 6) is -0.891. The highest BCUT2D eigenvalue weighted by Gasteiger charge is 2.52. The zero-order chi connectivity index (χ0) is 17.6. The van der Waals surface area contributed by atoms with Gasteiger partial charge in [0.25, 0.3) is 5.97 Å². The van der Waals surface area contributed by atoms with E-state index < -0.39 is 5.97 Å². The number of hydrogen-bond donors (Lipinski definition) is 0. The topological polar surface area (TPSA) is 27.7 Å². The lowest BCUT2D eigenvalue weighted by Crippen LogP contribution is -2.54. The van der Waals surface area contributed by atoms with Gasteiger partial charge in [-0.2, -0.15) is 0 Å². The second kappa shape index (κ2) is 13.2. The first-order valence-electron chi connectivity index (χ1n) is 10.0. The molecule has 0 aromatic rings. The van der Waals surface area contributed by atoms with E-state index in [-0.39, 0.29) is 5.41 Å². The van der Waals surface area contributed by atoms with Crippen molar-refractivity contribution in [1.82, 2.24) is 0 Å². The number of rotatable bonds is 16. The molecule has 0 aromatic carbocycles. The van der Waals surface area contributed by atoms with Crippen molar-refractivity contribution >= 4 is 0 Å². The molecular weight excluding hydrogens is 288 g/mol. The minimum atomic E-state index is -0.891. The van der Waals surface area contributed by atoms with Crippen LogP contribution in [-0.4, -0.2) is 25.8 Å². The van der Waals surface area contributed by atoms with Crippen LogP contribution in [0.4, 0.5) is 0 Å². The zero-order valence-corrected chi connectivity index (χ0v) is 16.7. The van der Waals surface area contributed by atoms with Gasteiger partial charge >= 0.3 is 0 Å². The summed E-state index contributed by atoms with van der Waals surface area (Å²) in [5.41, 5.74) is -0.0697. The largest absolute Gasteiger partial charge is 0.327 e. The van der Waals surface area contributed by atoms with Crippen molar-refractivity contribution < 1.29 is 14.2 Å². The first kappa shape index (κ1) is 22.9. The van der Waals surface area contributed by atoms with Crippen molar-refractivity contribution in [3.8, 4) is 0 Å². The highest BCUT2D eigenvalue weighted by molar-refractivity contribution is 4.87. The Kier molecular flexibility index (Phi) is 13.1. The summed E-state index contributed by atoms with van der Waals surface area (Å²) in [5, 5.41) is 0. The molecule has 0 amide bonds. The molecule has 0 aromatic heterocycles. The van der Waals surface area contributed by atoms with E-state index in [1.54, 1.807) is 0 Å². The van der Waals surface area contributed by atoms with E-state index >= 15 is 0 Å². The molecule has 0 N–H and O–H groups in total. The molecule has 140 valence electrons. The summed E-state index contributed by atoms with van der Waals surface area (Å²) < 4.78 is 18.3. The van der Waals surface area contributed by atoms with Crippen LogP contribution in [0.2, 0.25) is 0 Å². The van der Waals surface area contributed by atoms with E-state index in [0.717, 1.165) is 19.3 Å². The Balaban J connectivity index is 5.00. The Morgan fingerprint density at radius 1 is 0.565 bits per heavy atom. The lowest BCUT2D eigenvalue weighted by Gasteiger charge is -2.48. The van der Waals surface area contributed by atoms with Crippen molar-refractivity contribution in [2.24, 2.45) is 5.41 Å². The molecule has 0 saturated heterocycles. The molecule has 0 heterocycles. The van der Waals surface area contributed by atoms with Gasteiger partial charge in [0.1, 0.15) is 0 Å². The predicted octanol–water partition coefficient (Wildman–Crippen LogP) is 6.31. The second-order valence-corrected chi connectivity index (χ2v) is 6.36. The van der Waals surface area contributed by atoms with Crippen LogP contribution in [0.1, 0.15) is 99.3 Å². The average molecular weight is 331 g/mol. The fourth-order valence-corrected chi connectivity index (χ4v) is 3.59. The summed E-state index contributed by atoms with van der Waals surface area (Å²) in [6, 6.07) is 0. The van der Waals surface area contributed by atoms with Crippen molar-refractivity contribution in [2.75, 3.05) is 19.8 Å². The molecule has 0 bridgehead atoms. The summed E-state index contributed by atoms with van der Waals surface area (Å²) in [7, 11) is 0. The number of hydrogen-bond acceptors (Lipinski definition) is 3. The average Bonchev–Trinajstić information content (AvgIpc) is 2.55. The highest BCUT2D eigenvalue weighted by atomic mass is 16.9. The molecule has 0 aliphatic rings. The van der Waals surface area contributed by atoms with Gasteiger partial charge in [-0.1, -0.05) is 59.3 Å². The van der Waals surface area contributed by atoms with Crippen LogP contribution < -0.4 is 0 Å². The first-order valence-corrected chi connectivity index (χ1v) is 10.0. The monoisotopic (exact) mass is 330 g/mol. The summed E-state index contributed by atoms with van der Waals surface area (Å²) >= 11 is 0. The van der Waals surface area contributed by atoms with Gasteiger partial charge < -0.3 is 14.2 Å². The van der Waals surface area contributed by atoms with Crippen LogP contribution in [0.3, 0.4) is 0 Å². The van der Waals surface area contributed by atoms with E-state index in [9.17, 15) is 0 Å². The summed E-state index contributed by atoms with van der Waals surface area (Å²) in [6.45, 7) is 14.6. The van der Waals surface area contributed by atoms with E-state index in [2.05, 4.69) is 20.8 Å². The predicted molar refractivity (Wildman–Crippen MR) is 98.6 cm³/mol. The lowest BCUT2D eigenvalue weighted by molar-refractivity contribution is -0.430. The van der Waals surface area contributed by atoms with Gasteiger partial charge in [0.2, 0.25) is 0 Å². The van der Waals surface area contributed by atoms with Gasteiger partial charge in [0, 0.05) is 19.8 Å². The smallest absolute Gasteiger partial charge is 0.288 e. The molecule has 3 nitrogen and oxygen atoms in total. The maximum absolute atomic E-state index is 6.11. The minimum Gasteiger partial charge on any atom is -0.327 e. The fraction of sp³-hybridized carbons (Fsp3) is 1.00. The quantitative estimate of drug-likeness (QED) is 0.245. The molecule has 0 unspecified atom stereocenters.